The summed E-state index contributed by atoms with van der Waals surface area (Å²) in [5.74, 6) is 0. The first-order chi connectivity index (χ1) is 7.94. The molecule has 1 aromatic rings. The lowest BCUT2D eigenvalue weighted by Crippen LogP contribution is -2.54. The van der Waals surface area contributed by atoms with Crippen molar-refractivity contribution in [2.45, 2.75) is 45.1 Å². The van der Waals surface area contributed by atoms with Crippen LogP contribution in [0.3, 0.4) is 0 Å². The zero-order valence-corrected chi connectivity index (χ0v) is 13.6. The molecule has 0 fully saturated rings. The van der Waals surface area contributed by atoms with Crippen LogP contribution in [-0.2, 0) is 0 Å². The normalized spacial score (nSPS) is 25.5. The van der Waals surface area contributed by atoms with Gasteiger partial charge >= 0.3 is 0 Å². The maximum Gasteiger partial charge on any atom is 0.106 e. The van der Waals surface area contributed by atoms with Gasteiger partial charge in [-0.3, -0.25) is 0 Å². The zero-order chi connectivity index (χ0) is 12.5. The van der Waals surface area contributed by atoms with Crippen LogP contribution in [0.1, 0.15) is 12.8 Å². The lowest BCUT2D eigenvalue weighted by Gasteiger charge is -2.40. The first-order valence-electron chi connectivity index (χ1n) is 6.71. The minimum Gasteiger partial charge on any atom is -0.0926 e. The average Bonchev–Trinajstić information content (AvgIpc) is 2.29. The van der Waals surface area contributed by atoms with Crippen molar-refractivity contribution in [3.63, 3.8) is 0 Å². The van der Waals surface area contributed by atoms with Gasteiger partial charge in [0.05, 0.1) is 8.07 Å². The highest BCUT2D eigenvalue weighted by atomic mass is 28.4. The molecular weight excluding hydrogens is 236 g/mol. The number of benzene rings is 1. The molecule has 0 aliphatic carbocycles. The molecule has 92 valence electrons. The monoisotopic (exact) mass is 260 g/mol. The van der Waals surface area contributed by atoms with Crippen LogP contribution >= 0.6 is 0 Å². The summed E-state index contributed by atoms with van der Waals surface area (Å²) in [5, 5.41) is 1.65. The summed E-state index contributed by atoms with van der Waals surface area (Å²) in [6.45, 7) is 10.1. The van der Waals surface area contributed by atoms with Crippen molar-refractivity contribution in [1.82, 2.24) is 0 Å². The van der Waals surface area contributed by atoms with Crippen molar-refractivity contribution in [3.8, 4) is 0 Å². The van der Waals surface area contributed by atoms with Crippen molar-refractivity contribution in [2.24, 2.45) is 0 Å². The molecule has 0 spiro atoms. The maximum absolute atomic E-state index is 2.61. The Morgan fingerprint density at radius 2 is 1.71 bits per heavy atom. The van der Waals surface area contributed by atoms with E-state index in [0.29, 0.717) is 0 Å². The van der Waals surface area contributed by atoms with Gasteiger partial charge in [0.1, 0.15) is 8.07 Å². The number of hydrogen-bond acceptors (Lipinski definition) is 0. The summed E-state index contributed by atoms with van der Waals surface area (Å²) >= 11 is 0. The standard InChI is InChI=1S/C15H24Si2/c1-16(2,3)15-12-8-9-13-17(15,4)14-10-6-5-7-11-14/h5-7,10-12H,8-9,13H2,1-4H3. The topological polar surface area (TPSA) is 0 Å². The largest absolute Gasteiger partial charge is 0.106 e. The highest BCUT2D eigenvalue weighted by Crippen LogP contribution is 2.34. The quantitative estimate of drug-likeness (QED) is 0.702. The molecule has 0 saturated carbocycles. The Balaban J connectivity index is 2.48. The Morgan fingerprint density at radius 1 is 1.06 bits per heavy atom. The van der Waals surface area contributed by atoms with Gasteiger partial charge in [-0.15, -0.1) is 0 Å². The summed E-state index contributed by atoms with van der Waals surface area (Å²) in [6.07, 6.45) is 5.32. The summed E-state index contributed by atoms with van der Waals surface area (Å²) in [7, 11) is -2.51. The zero-order valence-electron chi connectivity index (χ0n) is 11.6. The molecule has 1 atom stereocenters. The van der Waals surface area contributed by atoms with E-state index in [1.54, 1.807) is 5.19 Å². The van der Waals surface area contributed by atoms with E-state index in [-0.39, 0.29) is 0 Å². The van der Waals surface area contributed by atoms with Gasteiger partial charge in [0.2, 0.25) is 0 Å². The number of hydrogen-bond donors (Lipinski definition) is 0. The molecule has 0 nitrogen and oxygen atoms in total. The van der Waals surface area contributed by atoms with Crippen molar-refractivity contribution in [1.29, 1.82) is 0 Å². The third-order valence-corrected chi connectivity index (χ3v) is 14.1. The van der Waals surface area contributed by atoms with Crippen molar-refractivity contribution in [3.05, 3.63) is 41.2 Å². The minimum atomic E-state index is -1.35. The van der Waals surface area contributed by atoms with Crippen LogP contribution < -0.4 is 5.19 Å². The molecule has 1 heterocycles. The predicted molar refractivity (Wildman–Crippen MR) is 83.2 cm³/mol. The van der Waals surface area contributed by atoms with Crippen LogP contribution in [0.2, 0.25) is 32.2 Å². The van der Waals surface area contributed by atoms with Crippen molar-refractivity contribution >= 4 is 21.3 Å². The molecule has 0 aromatic heterocycles. The van der Waals surface area contributed by atoms with E-state index in [9.17, 15) is 0 Å². The van der Waals surface area contributed by atoms with Crippen LogP contribution in [0.25, 0.3) is 0 Å². The second-order valence-electron chi connectivity index (χ2n) is 6.46. The van der Waals surface area contributed by atoms with Crippen LogP contribution in [0.5, 0.6) is 0 Å². The molecule has 0 bridgehead atoms. The van der Waals surface area contributed by atoms with E-state index >= 15 is 0 Å². The molecule has 2 rings (SSSR count). The Bertz CT molecular complexity index is 414. The summed E-state index contributed by atoms with van der Waals surface area (Å²) in [5.41, 5.74) is 0. The van der Waals surface area contributed by atoms with Gasteiger partial charge in [-0.1, -0.05) is 79.0 Å². The molecule has 1 aliphatic rings. The third kappa shape index (κ3) is 2.48. The van der Waals surface area contributed by atoms with Gasteiger partial charge in [0, 0.05) is 0 Å². The molecule has 0 radical (unpaired) electrons. The highest BCUT2D eigenvalue weighted by Gasteiger charge is 2.40. The van der Waals surface area contributed by atoms with E-state index in [1.165, 1.54) is 18.9 Å². The maximum atomic E-state index is 2.61. The predicted octanol–water partition coefficient (Wildman–Crippen LogP) is 4.11. The van der Waals surface area contributed by atoms with Gasteiger partial charge in [0.15, 0.2) is 0 Å². The third-order valence-electron chi connectivity index (χ3n) is 4.04. The lowest BCUT2D eigenvalue weighted by atomic mass is 10.3. The Hall–Kier alpha value is -0.606. The molecule has 0 saturated heterocycles. The molecule has 1 unspecified atom stereocenters. The van der Waals surface area contributed by atoms with Gasteiger partial charge in [-0.2, -0.15) is 0 Å². The lowest BCUT2D eigenvalue weighted by molar-refractivity contribution is 0.919. The van der Waals surface area contributed by atoms with Gasteiger partial charge in [0.25, 0.3) is 0 Å². The molecule has 0 amide bonds. The van der Waals surface area contributed by atoms with E-state index in [4.69, 9.17) is 0 Å². The fourth-order valence-corrected chi connectivity index (χ4v) is 14.8. The van der Waals surface area contributed by atoms with Crippen LogP contribution in [-0.4, -0.2) is 16.1 Å². The van der Waals surface area contributed by atoms with E-state index in [2.05, 4.69) is 62.6 Å². The Morgan fingerprint density at radius 3 is 2.29 bits per heavy atom. The SMILES string of the molecule is C[Si](C)(C)C1=CCCC[Si]1(C)c1ccccc1. The summed E-state index contributed by atoms with van der Waals surface area (Å²) < 4.78 is 0. The summed E-state index contributed by atoms with van der Waals surface area (Å²) in [6, 6.07) is 12.8. The summed E-state index contributed by atoms with van der Waals surface area (Å²) in [4.78, 5) is 1.89. The molecule has 17 heavy (non-hydrogen) atoms. The Labute approximate surface area is 108 Å². The van der Waals surface area contributed by atoms with Gasteiger partial charge < -0.3 is 0 Å². The van der Waals surface area contributed by atoms with E-state index in [1.807, 2.05) is 4.82 Å². The van der Waals surface area contributed by atoms with E-state index < -0.39 is 16.1 Å². The van der Waals surface area contributed by atoms with E-state index in [0.717, 1.165) is 0 Å². The highest BCUT2D eigenvalue weighted by molar-refractivity contribution is 7.11. The molecule has 1 aliphatic heterocycles. The molecular formula is C15H24Si2. The Kier molecular flexibility index (Phi) is 3.46. The van der Waals surface area contributed by atoms with Gasteiger partial charge in [-0.25, -0.2) is 0 Å². The first kappa shape index (κ1) is 12.8. The van der Waals surface area contributed by atoms with Crippen LogP contribution in [0, 0.1) is 0 Å². The second kappa shape index (κ2) is 4.58. The molecule has 1 aromatic carbocycles. The smallest absolute Gasteiger partial charge is 0.0926 e. The number of rotatable bonds is 2. The molecule has 0 N–H and O–H groups in total. The first-order valence-corrected chi connectivity index (χ1v) is 12.9. The number of allylic oxidation sites excluding steroid dienone is 1. The van der Waals surface area contributed by atoms with Crippen molar-refractivity contribution < 1.29 is 0 Å². The van der Waals surface area contributed by atoms with Gasteiger partial charge in [-0.05, 0) is 12.5 Å². The molecule has 2 heteroatoms. The fourth-order valence-electron chi connectivity index (χ4n) is 3.30. The van der Waals surface area contributed by atoms with Crippen molar-refractivity contribution in [2.75, 3.05) is 0 Å². The van der Waals surface area contributed by atoms with Crippen LogP contribution in [0.4, 0.5) is 0 Å². The average molecular weight is 261 g/mol. The minimum absolute atomic E-state index is 1.15. The second-order valence-corrected chi connectivity index (χ2v) is 16.3. The van der Waals surface area contributed by atoms with Crippen LogP contribution in [0.15, 0.2) is 41.2 Å². The fraction of sp³-hybridized carbons (Fsp3) is 0.467.